The van der Waals surface area contributed by atoms with Gasteiger partial charge in [0.15, 0.2) is 5.11 Å². The second-order valence-corrected chi connectivity index (χ2v) is 2.60. The molecule has 0 heterocycles. The first-order valence-corrected chi connectivity index (χ1v) is 3.23. The predicted octanol–water partition coefficient (Wildman–Crippen LogP) is 0.0748. The summed E-state index contributed by atoms with van der Waals surface area (Å²) in [6.45, 7) is 4.02. The number of hydrogen-bond acceptors (Lipinski definition) is 2. The maximum atomic E-state index is 5.31. The van der Waals surface area contributed by atoms with Crippen LogP contribution in [0.1, 0.15) is 13.8 Å². The first kappa shape index (κ1) is 8.65. The van der Waals surface area contributed by atoms with Gasteiger partial charge >= 0.3 is 0 Å². The molecule has 0 saturated carbocycles. The number of nitrogens with one attached hydrogen (secondary N) is 1. The van der Waals surface area contributed by atoms with Gasteiger partial charge in [-0.15, -0.1) is 0 Å². The van der Waals surface area contributed by atoms with Gasteiger partial charge in [0, 0.05) is 13.1 Å². The highest BCUT2D eigenvalue weighted by Crippen LogP contribution is 1.79. The van der Waals surface area contributed by atoms with Crippen LogP contribution in [0.15, 0.2) is 0 Å². The Morgan fingerprint density at radius 1 is 1.67 bits per heavy atom. The molecular weight excluding hydrogens is 134 g/mol. The molecule has 0 aliphatic heterocycles. The molecule has 3 nitrogen and oxygen atoms in total. The lowest BCUT2D eigenvalue weighted by Gasteiger charge is -2.16. The maximum absolute atomic E-state index is 5.31. The summed E-state index contributed by atoms with van der Waals surface area (Å²) in [4.78, 5) is 0. The summed E-state index contributed by atoms with van der Waals surface area (Å²) in [5, 5.41) is 4.93. The quantitative estimate of drug-likeness (QED) is 0.313. The van der Waals surface area contributed by atoms with Crippen LogP contribution in [0, 0.1) is 0 Å². The van der Waals surface area contributed by atoms with Gasteiger partial charge in [-0.3, -0.25) is 5.01 Å². The van der Waals surface area contributed by atoms with Crippen molar-refractivity contribution in [2.75, 3.05) is 7.05 Å². The molecule has 0 aromatic heterocycles. The highest BCUT2D eigenvalue weighted by Gasteiger charge is 1.98. The Bertz CT molecular complexity index is 100. The third-order valence-electron chi connectivity index (χ3n) is 0.732. The van der Waals surface area contributed by atoms with E-state index in [1.807, 2.05) is 13.8 Å². The second-order valence-electron chi connectivity index (χ2n) is 2.22. The van der Waals surface area contributed by atoms with Crippen LogP contribution in [-0.2, 0) is 0 Å². The third-order valence-corrected chi connectivity index (χ3v) is 1.14. The molecule has 0 aliphatic rings. The van der Waals surface area contributed by atoms with Crippen LogP contribution in [0.2, 0.25) is 0 Å². The zero-order chi connectivity index (χ0) is 7.44. The second kappa shape index (κ2) is 3.63. The summed E-state index contributed by atoms with van der Waals surface area (Å²) in [6, 6.07) is 0.350. The minimum absolute atomic E-state index is 0.350. The minimum atomic E-state index is 0.350. The number of hydrogen-bond donors (Lipinski definition) is 2. The van der Waals surface area contributed by atoms with Gasteiger partial charge in [-0.1, -0.05) is 0 Å². The molecule has 0 saturated heterocycles. The minimum Gasteiger partial charge on any atom is -0.359 e. The topological polar surface area (TPSA) is 41.3 Å². The van der Waals surface area contributed by atoms with Crippen LogP contribution in [0.4, 0.5) is 0 Å². The fourth-order valence-corrected chi connectivity index (χ4v) is 0.584. The van der Waals surface area contributed by atoms with E-state index in [4.69, 9.17) is 18.1 Å². The number of nitrogens with two attached hydrogens (primary N) is 1. The lowest BCUT2D eigenvalue weighted by atomic mass is 10.4. The molecule has 0 aromatic rings. The standard InChI is InChI=1S/C5H13N3S/c1-4(2)7-5(9)8(3)6/h4H,6H2,1-3H3,(H,7,9). The Morgan fingerprint density at radius 2 is 2.11 bits per heavy atom. The van der Waals surface area contributed by atoms with Crippen LogP contribution in [0.5, 0.6) is 0 Å². The highest BCUT2D eigenvalue weighted by atomic mass is 32.1. The molecule has 4 heteroatoms. The van der Waals surface area contributed by atoms with Gasteiger partial charge in [-0.25, -0.2) is 5.84 Å². The van der Waals surface area contributed by atoms with Crippen LogP contribution in [0.25, 0.3) is 0 Å². The summed E-state index contributed by atoms with van der Waals surface area (Å²) in [7, 11) is 1.71. The van der Waals surface area contributed by atoms with E-state index in [9.17, 15) is 0 Å². The molecule has 0 atom stereocenters. The lowest BCUT2D eigenvalue weighted by Crippen LogP contribution is -2.44. The molecule has 0 bridgehead atoms. The van der Waals surface area contributed by atoms with Crippen molar-refractivity contribution < 1.29 is 0 Å². The van der Waals surface area contributed by atoms with E-state index >= 15 is 0 Å². The van der Waals surface area contributed by atoms with E-state index in [0.29, 0.717) is 11.2 Å². The molecule has 0 fully saturated rings. The van der Waals surface area contributed by atoms with Gasteiger partial charge in [0.1, 0.15) is 0 Å². The van der Waals surface area contributed by atoms with Gasteiger partial charge < -0.3 is 5.32 Å². The van der Waals surface area contributed by atoms with Gasteiger partial charge in [-0.05, 0) is 26.1 Å². The van der Waals surface area contributed by atoms with Crippen molar-refractivity contribution in [1.82, 2.24) is 10.3 Å². The summed E-state index contributed by atoms with van der Waals surface area (Å²) in [6.07, 6.45) is 0. The van der Waals surface area contributed by atoms with Crippen molar-refractivity contribution in [1.29, 1.82) is 0 Å². The summed E-state index contributed by atoms with van der Waals surface area (Å²) < 4.78 is 0. The lowest BCUT2D eigenvalue weighted by molar-refractivity contribution is 0.513. The Hall–Kier alpha value is -0.350. The fourth-order valence-electron chi connectivity index (χ4n) is 0.349. The van der Waals surface area contributed by atoms with E-state index in [1.165, 1.54) is 5.01 Å². The number of hydrazine groups is 1. The van der Waals surface area contributed by atoms with Gasteiger partial charge in [0.05, 0.1) is 0 Å². The van der Waals surface area contributed by atoms with Crippen LogP contribution >= 0.6 is 12.2 Å². The average Bonchev–Trinajstić information content (AvgIpc) is 1.63. The SMILES string of the molecule is CC(C)NC(=S)N(C)N. The van der Waals surface area contributed by atoms with Gasteiger partial charge in [-0.2, -0.15) is 0 Å². The normalized spacial score (nSPS) is 9.44. The molecule has 0 spiro atoms. The average molecular weight is 147 g/mol. The van der Waals surface area contributed by atoms with Crippen molar-refractivity contribution in [3.63, 3.8) is 0 Å². The van der Waals surface area contributed by atoms with Crippen molar-refractivity contribution in [3.05, 3.63) is 0 Å². The molecule has 0 unspecified atom stereocenters. The van der Waals surface area contributed by atoms with E-state index in [2.05, 4.69) is 5.32 Å². The molecule has 0 radical (unpaired) electrons. The zero-order valence-corrected chi connectivity index (χ0v) is 6.83. The predicted molar refractivity (Wildman–Crippen MR) is 42.8 cm³/mol. The largest absolute Gasteiger partial charge is 0.359 e. The summed E-state index contributed by atoms with van der Waals surface area (Å²) in [5.74, 6) is 5.31. The first-order valence-electron chi connectivity index (χ1n) is 2.83. The summed E-state index contributed by atoms with van der Waals surface area (Å²) in [5.41, 5.74) is 0. The van der Waals surface area contributed by atoms with Crippen molar-refractivity contribution in [3.8, 4) is 0 Å². The zero-order valence-electron chi connectivity index (χ0n) is 6.01. The van der Waals surface area contributed by atoms with Crippen molar-refractivity contribution in [2.24, 2.45) is 5.84 Å². The van der Waals surface area contributed by atoms with E-state index < -0.39 is 0 Å². The van der Waals surface area contributed by atoms with E-state index in [1.54, 1.807) is 7.05 Å². The molecule has 0 aromatic carbocycles. The molecule has 54 valence electrons. The van der Waals surface area contributed by atoms with Gasteiger partial charge in [0.25, 0.3) is 0 Å². The Labute approximate surface area is 61.2 Å². The smallest absolute Gasteiger partial charge is 0.183 e. The Balaban J connectivity index is 3.51. The molecule has 3 N–H and O–H groups in total. The summed E-state index contributed by atoms with van der Waals surface area (Å²) >= 11 is 4.84. The molecule has 0 amide bonds. The number of rotatable bonds is 1. The maximum Gasteiger partial charge on any atom is 0.183 e. The van der Waals surface area contributed by atoms with E-state index in [0.717, 1.165) is 0 Å². The number of nitrogens with zero attached hydrogens (tertiary/aromatic N) is 1. The molecular formula is C5H13N3S. The monoisotopic (exact) mass is 147 g/mol. The van der Waals surface area contributed by atoms with Crippen LogP contribution in [0.3, 0.4) is 0 Å². The Kier molecular flexibility index (Phi) is 3.49. The van der Waals surface area contributed by atoms with Crippen molar-refractivity contribution >= 4 is 17.3 Å². The van der Waals surface area contributed by atoms with Gasteiger partial charge in [0.2, 0.25) is 0 Å². The molecule has 0 rings (SSSR count). The first-order chi connectivity index (χ1) is 4.04. The Morgan fingerprint density at radius 3 is 2.22 bits per heavy atom. The van der Waals surface area contributed by atoms with Crippen LogP contribution in [-0.4, -0.2) is 23.2 Å². The highest BCUT2D eigenvalue weighted by molar-refractivity contribution is 7.80. The molecule has 0 aliphatic carbocycles. The number of thiocarbonyl (C=S) groups is 1. The van der Waals surface area contributed by atoms with E-state index in [-0.39, 0.29) is 0 Å². The van der Waals surface area contributed by atoms with Crippen molar-refractivity contribution in [2.45, 2.75) is 19.9 Å². The molecule has 9 heavy (non-hydrogen) atoms. The fraction of sp³-hybridized carbons (Fsp3) is 0.800. The van der Waals surface area contributed by atoms with Crippen LogP contribution < -0.4 is 11.2 Å². The third kappa shape index (κ3) is 4.17.